The van der Waals surface area contributed by atoms with Crippen molar-refractivity contribution < 1.29 is 17.6 Å². The number of hydrogen-bond acceptors (Lipinski definition) is 4. The van der Waals surface area contributed by atoms with Crippen LogP contribution in [-0.2, 0) is 21.1 Å². The second-order valence-electron chi connectivity index (χ2n) is 6.82. The Labute approximate surface area is 136 Å². The highest BCUT2D eigenvalue weighted by Crippen LogP contribution is 2.26. The summed E-state index contributed by atoms with van der Waals surface area (Å²) in [5.74, 6) is -0.0295. The highest BCUT2D eigenvalue weighted by molar-refractivity contribution is 7.91. The van der Waals surface area contributed by atoms with Gasteiger partial charge in [-0.05, 0) is 50.5 Å². The Bertz CT molecular complexity index is 881. The number of aryl methyl sites for hydroxylation is 2. The van der Waals surface area contributed by atoms with Crippen molar-refractivity contribution in [2.24, 2.45) is 0 Å². The van der Waals surface area contributed by atoms with Gasteiger partial charge in [0.05, 0.1) is 29.7 Å². The minimum atomic E-state index is -3.04. The van der Waals surface area contributed by atoms with Crippen LogP contribution in [0.1, 0.15) is 30.0 Å². The third-order valence-electron chi connectivity index (χ3n) is 4.57. The van der Waals surface area contributed by atoms with Crippen LogP contribution in [0.5, 0.6) is 0 Å². The molecule has 124 valence electrons. The van der Waals surface area contributed by atoms with Crippen LogP contribution in [0.3, 0.4) is 0 Å². The number of benzene rings is 1. The molecule has 6 heteroatoms. The van der Waals surface area contributed by atoms with Crippen molar-refractivity contribution in [3.8, 4) is 0 Å². The Morgan fingerprint density at radius 2 is 2.00 bits per heavy atom. The molecule has 23 heavy (non-hydrogen) atoms. The summed E-state index contributed by atoms with van der Waals surface area (Å²) in [5.41, 5.74) is 3.22. The van der Waals surface area contributed by atoms with Crippen LogP contribution in [0.4, 0.5) is 0 Å². The van der Waals surface area contributed by atoms with Crippen molar-refractivity contribution in [2.75, 3.05) is 11.5 Å². The molecular formula is C17H21NO4S. The van der Waals surface area contributed by atoms with Gasteiger partial charge in [-0.25, -0.2) is 8.42 Å². The molecule has 5 nitrogen and oxygen atoms in total. The Morgan fingerprint density at radius 3 is 2.65 bits per heavy atom. The number of nitrogens with one attached hydrogen (secondary N) is 1. The minimum absolute atomic E-state index is 0.0101. The zero-order valence-corrected chi connectivity index (χ0v) is 14.4. The fraction of sp³-hybridized carbons (Fsp3) is 0.471. The molecule has 3 rings (SSSR count). The van der Waals surface area contributed by atoms with E-state index in [-0.39, 0.29) is 23.8 Å². The van der Waals surface area contributed by atoms with E-state index in [9.17, 15) is 13.2 Å². The number of amides is 1. The largest absolute Gasteiger partial charge is 0.464 e. The fourth-order valence-corrected chi connectivity index (χ4v) is 5.23. The van der Waals surface area contributed by atoms with E-state index in [0.717, 1.165) is 27.7 Å². The summed E-state index contributed by atoms with van der Waals surface area (Å²) >= 11 is 0. The van der Waals surface area contributed by atoms with Gasteiger partial charge in [-0.15, -0.1) is 0 Å². The molecule has 1 aromatic heterocycles. The Balaban J connectivity index is 1.77. The normalized spacial score (nSPS) is 23.3. The standard InChI is InChI=1S/C17H21NO4S/c1-11-6-14-13(9-22-15(14)7-12(11)2)8-16(19)18-17(3)4-5-23(20,21)10-17/h6-7,9H,4-5,8,10H2,1-3H3,(H,18,19)/t17-/m1/s1. The van der Waals surface area contributed by atoms with Crippen molar-refractivity contribution in [2.45, 2.75) is 39.2 Å². The van der Waals surface area contributed by atoms with Crippen LogP contribution in [0.2, 0.25) is 0 Å². The van der Waals surface area contributed by atoms with Gasteiger partial charge in [0.1, 0.15) is 5.58 Å². The van der Waals surface area contributed by atoms with Gasteiger partial charge in [0, 0.05) is 10.9 Å². The number of carbonyl (C=O) groups excluding carboxylic acids is 1. The Morgan fingerprint density at radius 1 is 1.30 bits per heavy atom. The molecule has 1 aliphatic heterocycles. The third-order valence-corrected chi connectivity index (χ3v) is 6.47. The molecule has 1 aromatic carbocycles. The Hall–Kier alpha value is -1.82. The molecule has 1 aliphatic rings. The number of rotatable bonds is 3. The molecule has 1 fully saturated rings. The number of carbonyl (C=O) groups is 1. The van der Waals surface area contributed by atoms with Crippen LogP contribution in [0.25, 0.3) is 11.0 Å². The monoisotopic (exact) mass is 335 g/mol. The highest BCUT2D eigenvalue weighted by atomic mass is 32.2. The first-order chi connectivity index (χ1) is 10.7. The van der Waals surface area contributed by atoms with E-state index in [4.69, 9.17) is 4.42 Å². The molecule has 1 amide bonds. The zero-order chi connectivity index (χ0) is 16.8. The van der Waals surface area contributed by atoms with Gasteiger partial charge in [-0.1, -0.05) is 0 Å². The third kappa shape index (κ3) is 3.27. The molecule has 0 radical (unpaired) electrons. The van der Waals surface area contributed by atoms with Crippen LogP contribution in [0.15, 0.2) is 22.8 Å². The summed E-state index contributed by atoms with van der Waals surface area (Å²) in [4.78, 5) is 12.3. The fourth-order valence-electron chi connectivity index (χ4n) is 3.14. The SMILES string of the molecule is Cc1cc2occ(CC(=O)N[C@]3(C)CCS(=O)(=O)C3)c2cc1C. The molecule has 1 atom stereocenters. The average molecular weight is 335 g/mol. The zero-order valence-electron chi connectivity index (χ0n) is 13.6. The van der Waals surface area contributed by atoms with E-state index < -0.39 is 15.4 Å². The Kier molecular flexibility index (Phi) is 3.75. The maximum absolute atomic E-state index is 12.3. The first kappa shape index (κ1) is 16.1. The molecule has 0 unspecified atom stereocenters. The van der Waals surface area contributed by atoms with Crippen molar-refractivity contribution in [1.82, 2.24) is 5.32 Å². The van der Waals surface area contributed by atoms with Crippen molar-refractivity contribution >= 4 is 26.7 Å². The summed E-state index contributed by atoms with van der Waals surface area (Å²) in [7, 11) is -3.04. The van der Waals surface area contributed by atoms with Crippen LogP contribution in [-0.4, -0.2) is 31.4 Å². The lowest BCUT2D eigenvalue weighted by Gasteiger charge is -2.23. The van der Waals surface area contributed by atoms with Crippen LogP contribution in [0, 0.1) is 13.8 Å². The van der Waals surface area contributed by atoms with Crippen LogP contribution >= 0.6 is 0 Å². The maximum atomic E-state index is 12.3. The number of sulfone groups is 1. The molecule has 2 aromatic rings. The summed E-state index contributed by atoms with van der Waals surface area (Å²) in [5, 5.41) is 3.82. The first-order valence-corrected chi connectivity index (χ1v) is 9.48. The average Bonchev–Trinajstić information content (AvgIpc) is 2.91. The number of furan rings is 1. The first-order valence-electron chi connectivity index (χ1n) is 7.66. The lowest BCUT2D eigenvalue weighted by Crippen LogP contribution is -2.47. The molecule has 1 N–H and O–H groups in total. The van der Waals surface area contributed by atoms with Gasteiger partial charge in [-0.3, -0.25) is 4.79 Å². The van der Waals surface area contributed by atoms with Gasteiger partial charge in [0.2, 0.25) is 5.91 Å². The lowest BCUT2D eigenvalue weighted by atomic mass is 10.0. The molecule has 0 bridgehead atoms. The quantitative estimate of drug-likeness (QED) is 0.933. The smallest absolute Gasteiger partial charge is 0.225 e. The molecular weight excluding hydrogens is 314 g/mol. The predicted octanol–water partition coefficient (Wildman–Crippen LogP) is 2.29. The summed E-state index contributed by atoms with van der Waals surface area (Å²) in [6.07, 6.45) is 2.26. The van der Waals surface area contributed by atoms with E-state index >= 15 is 0 Å². The summed E-state index contributed by atoms with van der Waals surface area (Å²) in [6, 6.07) is 4.00. The van der Waals surface area contributed by atoms with E-state index in [1.807, 2.05) is 26.0 Å². The minimum Gasteiger partial charge on any atom is -0.464 e. The molecule has 0 saturated carbocycles. The van der Waals surface area contributed by atoms with Crippen molar-refractivity contribution in [1.29, 1.82) is 0 Å². The predicted molar refractivity (Wildman–Crippen MR) is 89.2 cm³/mol. The second-order valence-corrected chi connectivity index (χ2v) is 9.01. The van der Waals surface area contributed by atoms with E-state index in [0.29, 0.717) is 6.42 Å². The summed E-state index contributed by atoms with van der Waals surface area (Å²) in [6.45, 7) is 5.83. The van der Waals surface area contributed by atoms with Crippen molar-refractivity contribution in [3.05, 3.63) is 35.1 Å². The molecule has 0 aliphatic carbocycles. The van der Waals surface area contributed by atoms with Gasteiger partial charge in [0.25, 0.3) is 0 Å². The number of hydrogen-bond donors (Lipinski definition) is 1. The molecule has 0 spiro atoms. The van der Waals surface area contributed by atoms with Crippen LogP contribution < -0.4 is 5.32 Å². The number of fused-ring (bicyclic) bond motifs is 1. The molecule has 2 heterocycles. The van der Waals surface area contributed by atoms with Gasteiger partial charge >= 0.3 is 0 Å². The van der Waals surface area contributed by atoms with Crippen molar-refractivity contribution in [3.63, 3.8) is 0 Å². The second kappa shape index (κ2) is 5.37. The topological polar surface area (TPSA) is 76.4 Å². The summed E-state index contributed by atoms with van der Waals surface area (Å²) < 4.78 is 28.8. The molecule has 1 saturated heterocycles. The van der Waals surface area contributed by atoms with E-state index in [2.05, 4.69) is 5.32 Å². The van der Waals surface area contributed by atoms with Gasteiger partial charge in [-0.2, -0.15) is 0 Å². The highest BCUT2D eigenvalue weighted by Gasteiger charge is 2.39. The van der Waals surface area contributed by atoms with E-state index in [1.54, 1.807) is 13.2 Å². The maximum Gasteiger partial charge on any atom is 0.225 e. The van der Waals surface area contributed by atoms with E-state index in [1.165, 1.54) is 0 Å². The lowest BCUT2D eigenvalue weighted by molar-refractivity contribution is -0.121. The van der Waals surface area contributed by atoms with Gasteiger partial charge in [0.15, 0.2) is 9.84 Å². The van der Waals surface area contributed by atoms with Gasteiger partial charge < -0.3 is 9.73 Å².